The highest BCUT2D eigenvalue weighted by atomic mass is 32.1. The molecule has 1 aliphatic carbocycles. The minimum Gasteiger partial charge on any atom is -0.359 e. The third-order valence-corrected chi connectivity index (χ3v) is 3.61. The quantitative estimate of drug-likeness (QED) is 0.387. The number of rotatable bonds is 4. The zero-order valence-electron chi connectivity index (χ0n) is 11.6. The fraction of sp³-hybridized carbons (Fsp3) is 0.429. The summed E-state index contributed by atoms with van der Waals surface area (Å²) >= 11 is 5.17. The first-order chi connectivity index (χ1) is 10.1. The second kappa shape index (κ2) is 7.68. The number of hydrogen-bond acceptors (Lipinski definition) is 4. The SMILES string of the molecule is O=[N+]([O-])c1cccc(/C=N/NC(=S)NC2CCCCC2)c1. The molecule has 1 saturated carbocycles. The maximum absolute atomic E-state index is 10.7. The van der Waals surface area contributed by atoms with E-state index in [1.54, 1.807) is 12.1 Å². The van der Waals surface area contributed by atoms with E-state index in [2.05, 4.69) is 15.8 Å². The molecule has 0 atom stereocenters. The van der Waals surface area contributed by atoms with Crippen molar-refractivity contribution < 1.29 is 4.92 Å². The van der Waals surface area contributed by atoms with E-state index in [0.717, 1.165) is 12.8 Å². The lowest BCUT2D eigenvalue weighted by Gasteiger charge is -2.23. The van der Waals surface area contributed by atoms with Crippen molar-refractivity contribution in [2.45, 2.75) is 38.1 Å². The molecule has 1 aliphatic rings. The number of nitrogens with one attached hydrogen (secondary N) is 2. The number of hydrazone groups is 1. The Balaban J connectivity index is 1.82. The Labute approximate surface area is 128 Å². The second-order valence-electron chi connectivity index (χ2n) is 5.03. The van der Waals surface area contributed by atoms with Gasteiger partial charge >= 0.3 is 0 Å². The van der Waals surface area contributed by atoms with Crippen molar-refractivity contribution >= 4 is 29.2 Å². The summed E-state index contributed by atoms with van der Waals surface area (Å²) in [6, 6.07) is 6.70. The predicted molar refractivity (Wildman–Crippen MR) is 86.4 cm³/mol. The Morgan fingerprint density at radius 2 is 2.14 bits per heavy atom. The van der Waals surface area contributed by atoms with E-state index in [1.807, 2.05) is 0 Å². The summed E-state index contributed by atoms with van der Waals surface area (Å²) < 4.78 is 0. The molecule has 7 heteroatoms. The zero-order chi connectivity index (χ0) is 15.1. The van der Waals surface area contributed by atoms with Gasteiger partial charge in [0, 0.05) is 23.7 Å². The molecule has 0 bridgehead atoms. The lowest BCUT2D eigenvalue weighted by Crippen LogP contribution is -2.40. The first-order valence-electron chi connectivity index (χ1n) is 6.99. The number of nitro benzene ring substituents is 1. The summed E-state index contributed by atoms with van der Waals surface area (Å²) in [6.45, 7) is 0. The van der Waals surface area contributed by atoms with E-state index in [0.29, 0.717) is 16.7 Å². The average Bonchev–Trinajstić information content (AvgIpc) is 2.48. The van der Waals surface area contributed by atoms with Gasteiger partial charge in [-0.1, -0.05) is 31.4 Å². The van der Waals surface area contributed by atoms with Gasteiger partial charge in [-0.2, -0.15) is 5.10 Å². The summed E-state index contributed by atoms with van der Waals surface area (Å²) in [7, 11) is 0. The standard InChI is InChI=1S/C14H18N4O2S/c19-18(20)13-8-4-5-11(9-13)10-15-17-14(21)16-12-6-2-1-3-7-12/h4-5,8-10,12H,1-3,6-7H2,(H2,16,17,21)/b15-10+. The van der Waals surface area contributed by atoms with E-state index < -0.39 is 4.92 Å². The minimum atomic E-state index is -0.431. The first kappa shape index (κ1) is 15.4. The molecule has 0 spiro atoms. The van der Waals surface area contributed by atoms with Crippen LogP contribution < -0.4 is 10.7 Å². The summed E-state index contributed by atoms with van der Waals surface area (Å²) in [5, 5.41) is 18.4. The Morgan fingerprint density at radius 3 is 2.86 bits per heavy atom. The number of nitrogens with zero attached hydrogens (tertiary/aromatic N) is 2. The van der Waals surface area contributed by atoms with Crippen LogP contribution in [0.25, 0.3) is 0 Å². The highest BCUT2D eigenvalue weighted by molar-refractivity contribution is 7.80. The number of benzene rings is 1. The van der Waals surface area contributed by atoms with Crippen LogP contribution in [0.1, 0.15) is 37.7 Å². The van der Waals surface area contributed by atoms with Crippen molar-refractivity contribution in [1.82, 2.24) is 10.7 Å². The molecule has 0 heterocycles. The normalized spacial score (nSPS) is 15.8. The maximum Gasteiger partial charge on any atom is 0.270 e. The number of nitro groups is 1. The lowest BCUT2D eigenvalue weighted by molar-refractivity contribution is -0.384. The zero-order valence-corrected chi connectivity index (χ0v) is 12.4. The van der Waals surface area contributed by atoms with Gasteiger partial charge in [-0.25, -0.2) is 0 Å². The molecule has 0 aliphatic heterocycles. The summed E-state index contributed by atoms with van der Waals surface area (Å²) in [5.41, 5.74) is 3.44. The van der Waals surface area contributed by atoms with Crippen molar-refractivity contribution in [3.63, 3.8) is 0 Å². The van der Waals surface area contributed by atoms with E-state index in [9.17, 15) is 10.1 Å². The summed E-state index contributed by atoms with van der Waals surface area (Å²) in [4.78, 5) is 10.2. The lowest BCUT2D eigenvalue weighted by atomic mass is 9.96. The largest absolute Gasteiger partial charge is 0.359 e. The monoisotopic (exact) mass is 306 g/mol. The molecule has 6 nitrogen and oxygen atoms in total. The predicted octanol–water partition coefficient (Wildman–Crippen LogP) is 2.73. The Hall–Kier alpha value is -2.02. The summed E-state index contributed by atoms with van der Waals surface area (Å²) in [6.07, 6.45) is 7.55. The Kier molecular flexibility index (Phi) is 5.62. The van der Waals surface area contributed by atoms with Gasteiger partial charge in [-0.05, 0) is 25.1 Å². The third kappa shape index (κ3) is 5.11. The number of non-ortho nitro benzene ring substituents is 1. The van der Waals surface area contributed by atoms with Crippen molar-refractivity contribution in [1.29, 1.82) is 0 Å². The van der Waals surface area contributed by atoms with Crippen molar-refractivity contribution in [3.8, 4) is 0 Å². The third-order valence-electron chi connectivity index (χ3n) is 3.40. The molecule has 0 radical (unpaired) electrons. The molecule has 112 valence electrons. The van der Waals surface area contributed by atoms with Gasteiger partial charge in [-0.15, -0.1) is 0 Å². The second-order valence-corrected chi connectivity index (χ2v) is 5.44. The van der Waals surface area contributed by atoms with Crippen LogP contribution in [0.2, 0.25) is 0 Å². The molecule has 21 heavy (non-hydrogen) atoms. The van der Waals surface area contributed by atoms with Crippen molar-refractivity contribution in [3.05, 3.63) is 39.9 Å². The average molecular weight is 306 g/mol. The van der Waals surface area contributed by atoms with E-state index in [1.165, 1.54) is 37.6 Å². The van der Waals surface area contributed by atoms with Crippen LogP contribution in [0.5, 0.6) is 0 Å². The van der Waals surface area contributed by atoms with Gasteiger partial charge in [0.15, 0.2) is 5.11 Å². The van der Waals surface area contributed by atoms with Crippen LogP contribution in [-0.2, 0) is 0 Å². The summed E-state index contributed by atoms with van der Waals surface area (Å²) in [5.74, 6) is 0. The van der Waals surface area contributed by atoms with E-state index in [4.69, 9.17) is 12.2 Å². The van der Waals surface area contributed by atoms with Crippen molar-refractivity contribution in [2.75, 3.05) is 0 Å². The van der Waals surface area contributed by atoms with Crippen LogP contribution in [0.3, 0.4) is 0 Å². The number of hydrogen-bond donors (Lipinski definition) is 2. The van der Waals surface area contributed by atoms with Crippen LogP contribution in [0.4, 0.5) is 5.69 Å². The number of thiocarbonyl (C=S) groups is 1. The molecule has 0 aromatic heterocycles. The highest BCUT2D eigenvalue weighted by Crippen LogP contribution is 2.17. The molecule has 1 aromatic carbocycles. The van der Waals surface area contributed by atoms with Crippen LogP contribution in [0.15, 0.2) is 29.4 Å². The van der Waals surface area contributed by atoms with Crippen LogP contribution in [0, 0.1) is 10.1 Å². The van der Waals surface area contributed by atoms with Gasteiger partial charge in [0.2, 0.25) is 0 Å². The van der Waals surface area contributed by atoms with Gasteiger partial charge in [0.1, 0.15) is 0 Å². The van der Waals surface area contributed by atoms with Gasteiger partial charge in [0.25, 0.3) is 5.69 Å². The molecule has 2 N–H and O–H groups in total. The minimum absolute atomic E-state index is 0.0434. The van der Waals surface area contributed by atoms with Crippen molar-refractivity contribution in [2.24, 2.45) is 5.10 Å². The van der Waals surface area contributed by atoms with Gasteiger partial charge in [-0.3, -0.25) is 15.5 Å². The smallest absolute Gasteiger partial charge is 0.270 e. The molecule has 1 fully saturated rings. The molecule has 0 saturated heterocycles. The Bertz CT molecular complexity index is 542. The first-order valence-corrected chi connectivity index (χ1v) is 7.40. The molecular formula is C14H18N4O2S. The topological polar surface area (TPSA) is 79.6 Å². The highest BCUT2D eigenvalue weighted by Gasteiger charge is 2.13. The molecule has 0 unspecified atom stereocenters. The van der Waals surface area contributed by atoms with Crippen LogP contribution >= 0.6 is 12.2 Å². The fourth-order valence-corrected chi connectivity index (χ4v) is 2.57. The molecule has 2 rings (SSSR count). The molecule has 1 aromatic rings. The molecule has 0 amide bonds. The van der Waals surface area contributed by atoms with Crippen LogP contribution in [-0.4, -0.2) is 22.3 Å². The van der Waals surface area contributed by atoms with E-state index >= 15 is 0 Å². The maximum atomic E-state index is 10.7. The Morgan fingerprint density at radius 1 is 1.38 bits per heavy atom. The van der Waals surface area contributed by atoms with E-state index in [-0.39, 0.29) is 5.69 Å². The van der Waals surface area contributed by atoms with Gasteiger partial charge < -0.3 is 5.32 Å². The van der Waals surface area contributed by atoms with Gasteiger partial charge in [0.05, 0.1) is 11.1 Å². The molecular weight excluding hydrogens is 288 g/mol. The fourth-order valence-electron chi connectivity index (χ4n) is 2.35.